The van der Waals surface area contributed by atoms with Crippen LogP contribution in [0.5, 0.6) is 0 Å². The molecule has 4 nitrogen and oxygen atoms in total. The number of nitriles is 1. The van der Waals surface area contributed by atoms with Gasteiger partial charge in [0.1, 0.15) is 11.2 Å². The number of nitrogens with zero attached hydrogens (tertiary/aromatic N) is 3. The molecule has 4 heteroatoms. The van der Waals surface area contributed by atoms with Gasteiger partial charge in [-0.2, -0.15) is 5.26 Å². The summed E-state index contributed by atoms with van der Waals surface area (Å²) in [4.78, 5) is 8.88. The fourth-order valence-corrected chi connectivity index (χ4v) is 4.08. The zero-order valence-corrected chi connectivity index (χ0v) is 16.4. The minimum absolute atomic E-state index is 0.568. The molecule has 31 heavy (non-hydrogen) atoms. The molecule has 0 unspecified atom stereocenters. The number of pyridine rings is 2. The highest BCUT2D eigenvalue weighted by atomic mass is 16.3. The lowest BCUT2D eigenvalue weighted by atomic mass is 10.0. The van der Waals surface area contributed by atoms with Crippen LogP contribution in [-0.2, 0) is 0 Å². The molecule has 3 aromatic carbocycles. The maximum atomic E-state index is 9.09. The summed E-state index contributed by atoms with van der Waals surface area (Å²) in [5, 5.41) is 13.8. The van der Waals surface area contributed by atoms with E-state index in [-0.39, 0.29) is 0 Å². The lowest BCUT2D eigenvalue weighted by molar-refractivity contribution is 0.669. The van der Waals surface area contributed by atoms with Crippen LogP contribution in [0.3, 0.4) is 0 Å². The first-order chi connectivity index (χ1) is 15.3. The van der Waals surface area contributed by atoms with E-state index >= 15 is 0 Å². The van der Waals surface area contributed by atoms with Gasteiger partial charge in [-0.25, -0.2) is 0 Å². The highest BCUT2D eigenvalue weighted by molar-refractivity contribution is 6.19. The average molecular weight is 397 g/mol. The zero-order valence-electron chi connectivity index (χ0n) is 16.4. The van der Waals surface area contributed by atoms with Crippen LogP contribution in [0, 0.1) is 11.3 Å². The van der Waals surface area contributed by atoms with Gasteiger partial charge in [0.15, 0.2) is 0 Å². The number of furan rings is 1. The average Bonchev–Trinajstić information content (AvgIpc) is 3.22. The number of aromatic nitrogens is 2. The van der Waals surface area contributed by atoms with Crippen molar-refractivity contribution in [2.75, 3.05) is 0 Å². The summed E-state index contributed by atoms with van der Waals surface area (Å²) in [5.74, 6) is 0. The molecule has 0 aliphatic heterocycles. The van der Waals surface area contributed by atoms with Crippen LogP contribution >= 0.6 is 0 Å². The summed E-state index contributed by atoms with van der Waals surface area (Å²) in [6.07, 6.45) is 3.46. The highest BCUT2D eigenvalue weighted by Crippen LogP contribution is 2.36. The summed E-state index contributed by atoms with van der Waals surface area (Å²) >= 11 is 0. The Morgan fingerprint density at radius 1 is 0.710 bits per heavy atom. The SMILES string of the molecule is N#Cc1ccnc(-c2ccc(-c3ccc4c(c3)oc3ccc5ccccc5c34)cn2)c1. The molecule has 0 saturated carbocycles. The lowest BCUT2D eigenvalue weighted by Gasteiger charge is -2.04. The molecule has 0 saturated heterocycles. The van der Waals surface area contributed by atoms with Crippen LogP contribution in [0.2, 0.25) is 0 Å². The van der Waals surface area contributed by atoms with Gasteiger partial charge in [-0.3, -0.25) is 9.97 Å². The van der Waals surface area contributed by atoms with E-state index in [9.17, 15) is 0 Å². The maximum Gasteiger partial charge on any atom is 0.136 e. The van der Waals surface area contributed by atoms with Gasteiger partial charge in [0.05, 0.1) is 23.0 Å². The summed E-state index contributed by atoms with van der Waals surface area (Å²) in [6, 6.07) is 28.3. The molecule has 3 heterocycles. The second-order valence-corrected chi connectivity index (χ2v) is 7.45. The second-order valence-electron chi connectivity index (χ2n) is 7.45. The molecule has 0 spiro atoms. The molecule has 144 valence electrons. The third-order valence-electron chi connectivity index (χ3n) is 5.61. The summed E-state index contributed by atoms with van der Waals surface area (Å²) < 4.78 is 6.18. The van der Waals surface area contributed by atoms with Crippen molar-refractivity contribution in [3.05, 3.63) is 96.8 Å². The molecular formula is C27H15N3O. The van der Waals surface area contributed by atoms with Crippen LogP contribution in [0.4, 0.5) is 0 Å². The van der Waals surface area contributed by atoms with Crippen LogP contribution in [-0.4, -0.2) is 9.97 Å². The van der Waals surface area contributed by atoms with Crippen LogP contribution in [0.1, 0.15) is 5.56 Å². The lowest BCUT2D eigenvalue weighted by Crippen LogP contribution is -1.89. The Labute approximate surface area is 178 Å². The van der Waals surface area contributed by atoms with Gasteiger partial charge in [-0.1, -0.05) is 42.5 Å². The van der Waals surface area contributed by atoms with E-state index in [1.165, 1.54) is 10.8 Å². The van der Waals surface area contributed by atoms with Crippen molar-refractivity contribution in [3.8, 4) is 28.6 Å². The van der Waals surface area contributed by atoms with E-state index in [1.807, 2.05) is 24.4 Å². The minimum Gasteiger partial charge on any atom is -0.456 e. The second kappa shape index (κ2) is 6.79. The Morgan fingerprint density at radius 2 is 1.61 bits per heavy atom. The molecule has 6 rings (SSSR count). The molecule has 0 radical (unpaired) electrons. The number of benzene rings is 3. The van der Waals surface area contributed by atoms with Gasteiger partial charge in [-0.05, 0) is 52.7 Å². The largest absolute Gasteiger partial charge is 0.456 e. The van der Waals surface area contributed by atoms with Gasteiger partial charge in [0.2, 0.25) is 0 Å². The molecule has 0 aliphatic rings. The smallest absolute Gasteiger partial charge is 0.136 e. The van der Waals surface area contributed by atoms with Gasteiger partial charge < -0.3 is 4.42 Å². The number of hydrogen-bond acceptors (Lipinski definition) is 4. The van der Waals surface area contributed by atoms with Crippen molar-refractivity contribution < 1.29 is 4.42 Å². The van der Waals surface area contributed by atoms with E-state index in [0.717, 1.165) is 38.8 Å². The Kier molecular flexibility index (Phi) is 3.81. The molecule has 0 N–H and O–H groups in total. The molecule has 3 aromatic heterocycles. The topological polar surface area (TPSA) is 62.7 Å². The van der Waals surface area contributed by atoms with Gasteiger partial charge >= 0.3 is 0 Å². The van der Waals surface area contributed by atoms with Crippen LogP contribution in [0.25, 0.3) is 55.2 Å². The Bertz CT molecular complexity index is 1640. The summed E-state index contributed by atoms with van der Waals surface area (Å²) in [7, 11) is 0. The Hall–Kier alpha value is -4.49. The maximum absolute atomic E-state index is 9.09. The third-order valence-corrected chi connectivity index (χ3v) is 5.61. The predicted octanol–water partition coefficient (Wildman–Crippen LogP) is 6.73. The molecular weight excluding hydrogens is 382 g/mol. The number of fused-ring (bicyclic) bond motifs is 5. The first kappa shape index (κ1) is 17.4. The molecule has 0 bridgehead atoms. The van der Waals surface area contributed by atoms with Gasteiger partial charge in [-0.15, -0.1) is 0 Å². The molecule has 0 fully saturated rings. The van der Waals surface area contributed by atoms with Gasteiger partial charge in [0.25, 0.3) is 0 Å². The van der Waals surface area contributed by atoms with E-state index in [2.05, 4.69) is 64.6 Å². The first-order valence-electron chi connectivity index (χ1n) is 9.97. The monoisotopic (exact) mass is 397 g/mol. The van der Waals surface area contributed by atoms with E-state index in [1.54, 1.807) is 18.3 Å². The molecule has 0 atom stereocenters. The Balaban J connectivity index is 1.44. The van der Waals surface area contributed by atoms with E-state index in [4.69, 9.17) is 9.68 Å². The fraction of sp³-hybridized carbons (Fsp3) is 0. The van der Waals surface area contributed by atoms with Crippen molar-refractivity contribution >= 4 is 32.7 Å². The van der Waals surface area contributed by atoms with Crippen molar-refractivity contribution in [2.24, 2.45) is 0 Å². The minimum atomic E-state index is 0.568. The summed E-state index contributed by atoms with van der Waals surface area (Å²) in [5.41, 5.74) is 5.77. The normalized spacial score (nSPS) is 11.2. The van der Waals surface area contributed by atoms with E-state index in [0.29, 0.717) is 11.3 Å². The number of rotatable bonds is 2. The Morgan fingerprint density at radius 3 is 2.48 bits per heavy atom. The van der Waals surface area contributed by atoms with E-state index < -0.39 is 0 Å². The highest BCUT2D eigenvalue weighted by Gasteiger charge is 2.12. The molecule has 0 aliphatic carbocycles. The quantitative estimate of drug-likeness (QED) is 0.325. The number of hydrogen-bond donors (Lipinski definition) is 0. The fourth-order valence-electron chi connectivity index (χ4n) is 4.08. The standard InChI is InChI=1S/C27H15N3O/c28-15-17-11-12-29-24(13-17)23-9-6-20(16-30-23)19-5-8-22-26(14-19)31-25-10-7-18-3-1-2-4-21(18)27(22)25/h1-14,16H. The van der Waals surface area contributed by atoms with Crippen LogP contribution < -0.4 is 0 Å². The molecule has 6 aromatic rings. The zero-order chi connectivity index (χ0) is 20.8. The molecule has 0 amide bonds. The summed E-state index contributed by atoms with van der Waals surface area (Å²) in [6.45, 7) is 0. The van der Waals surface area contributed by atoms with Crippen molar-refractivity contribution in [2.45, 2.75) is 0 Å². The van der Waals surface area contributed by atoms with Crippen molar-refractivity contribution in [1.82, 2.24) is 9.97 Å². The third kappa shape index (κ3) is 2.84. The van der Waals surface area contributed by atoms with Crippen LogP contribution in [0.15, 0.2) is 95.7 Å². The van der Waals surface area contributed by atoms with Crippen molar-refractivity contribution in [1.29, 1.82) is 5.26 Å². The first-order valence-corrected chi connectivity index (χ1v) is 9.97. The van der Waals surface area contributed by atoms with Crippen molar-refractivity contribution in [3.63, 3.8) is 0 Å². The predicted molar refractivity (Wildman–Crippen MR) is 122 cm³/mol. The van der Waals surface area contributed by atoms with Gasteiger partial charge in [0, 0.05) is 28.7 Å².